The Balaban J connectivity index is 2.29. The molecule has 1 N–H and O–H groups in total. The van der Waals surface area contributed by atoms with Crippen LogP contribution in [0.1, 0.15) is 18.7 Å². The van der Waals surface area contributed by atoms with Crippen LogP contribution >= 0.6 is 0 Å². The molecule has 1 aromatic heterocycles. The van der Waals surface area contributed by atoms with Gasteiger partial charge in [0, 0.05) is 18.0 Å². The molecular formula is C9H9N2. The van der Waals surface area contributed by atoms with Gasteiger partial charge in [0.15, 0.2) is 0 Å². The van der Waals surface area contributed by atoms with E-state index in [1.54, 1.807) is 6.20 Å². The summed E-state index contributed by atoms with van der Waals surface area (Å²) in [5.41, 5.74) is 1.08. The Kier molecular flexibility index (Phi) is 1.60. The maximum Gasteiger partial charge on any atom is 0.137 e. The first-order chi connectivity index (χ1) is 5.47. The van der Waals surface area contributed by atoms with Crippen molar-refractivity contribution in [3.8, 4) is 0 Å². The monoisotopic (exact) mass is 145 g/mol. The first kappa shape index (κ1) is 6.40. The molecule has 0 bridgehead atoms. The number of hydrogen-bond donors (Lipinski definition) is 1. The molecule has 1 aromatic rings. The van der Waals surface area contributed by atoms with E-state index in [-0.39, 0.29) is 0 Å². The van der Waals surface area contributed by atoms with Crippen molar-refractivity contribution in [3.63, 3.8) is 0 Å². The van der Waals surface area contributed by atoms with Crippen LogP contribution in [0.2, 0.25) is 0 Å². The predicted molar refractivity (Wildman–Crippen MR) is 43.6 cm³/mol. The average Bonchev–Trinajstić information content (AvgIpc) is 2.58. The minimum atomic E-state index is 0.918. The summed E-state index contributed by atoms with van der Waals surface area (Å²) in [6.45, 7) is 0. The van der Waals surface area contributed by atoms with Crippen molar-refractivity contribution < 1.29 is 0 Å². The third-order valence-electron chi connectivity index (χ3n) is 1.67. The van der Waals surface area contributed by atoms with E-state index in [4.69, 9.17) is 0 Å². The minimum Gasteiger partial charge on any atom is -0.345 e. The number of allylic oxidation sites excluding steroid dienone is 4. The van der Waals surface area contributed by atoms with E-state index in [1.165, 1.54) is 0 Å². The van der Waals surface area contributed by atoms with Crippen molar-refractivity contribution in [3.05, 3.63) is 36.4 Å². The average molecular weight is 145 g/mol. The van der Waals surface area contributed by atoms with Gasteiger partial charge in [0.2, 0.25) is 0 Å². The first-order valence-corrected chi connectivity index (χ1v) is 3.75. The Morgan fingerprint density at radius 1 is 1.45 bits per heavy atom. The summed E-state index contributed by atoms with van der Waals surface area (Å²) in [6.07, 6.45) is 13.2. The topological polar surface area (TPSA) is 28.7 Å². The number of aromatic amines is 1. The van der Waals surface area contributed by atoms with Crippen LogP contribution in [-0.4, -0.2) is 9.97 Å². The van der Waals surface area contributed by atoms with Gasteiger partial charge in [-0.3, -0.25) is 0 Å². The van der Waals surface area contributed by atoms with Gasteiger partial charge in [-0.1, -0.05) is 12.2 Å². The summed E-state index contributed by atoms with van der Waals surface area (Å²) in [5, 5.41) is 0. The van der Waals surface area contributed by atoms with Gasteiger partial charge >= 0.3 is 0 Å². The molecule has 0 fully saturated rings. The summed E-state index contributed by atoms with van der Waals surface area (Å²) >= 11 is 0. The Bertz CT molecular complexity index is 281. The lowest BCUT2D eigenvalue weighted by molar-refractivity contribution is 1.03. The number of nitrogens with zero attached hydrogens (tertiary/aromatic N) is 1. The summed E-state index contributed by atoms with van der Waals surface area (Å²) in [6, 6.07) is 0. The molecule has 55 valence electrons. The number of aromatic nitrogens is 2. The molecule has 1 aliphatic rings. The van der Waals surface area contributed by atoms with Gasteiger partial charge in [-0.2, -0.15) is 0 Å². The van der Waals surface area contributed by atoms with E-state index in [0.29, 0.717) is 0 Å². The van der Waals surface area contributed by atoms with Crippen molar-refractivity contribution in [2.24, 2.45) is 0 Å². The van der Waals surface area contributed by atoms with Gasteiger partial charge in [-0.05, 0) is 18.9 Å². The highest BCUT2D eigenvalue weighted by molar-refractivity contribution is 5.66. The van der Waals surface area contributed by atoms with Crippen molar-refractivity contribution in [1.82, 2.24) is 9.97 Å². The van der Waals surface area contributed by atoms with Crippen LogP contribution in [0.3, 0.4) is 0 Å². The van der Waals surface area contributed by atoms with Crippen LogP contribution in [0.4, 0.5) is 0 Å². The molecule has 1 radical (unpaired) electrons. The van der Waals surface area contributed by atoms with Gasteiger partial charge in [-0.15, -0.1) is 0 Å². The number of hydrogen-bond acceptors (Lipinski definition) is 1. The fourth-order valence-electron chi connectivity index (χ4n) is 1.13. The normalized spacial score (nSPS) is 16.5. The zero-order valence-corrected chi connectivity index (χ0v) is 6.17. The van der Waals surface area contributed by atoms with Gasteiger partial charge in [0.05, 0.1) is 0 Å². The van der Waals surface area contributed by atoms with Crippen molar-refractivity contribution in [2.75, 3.05) is 0 Å². The fraction of sp³-hybridized carbons (Fsp3) is 0.222. The lowest BCUT2D eigenvalue weighted by Crippen LogP contribution is -1.88. The van der Waals surface area contributed by atoms with Crippen LogP contribution in [0.25, 0.3) is 5.57 Å². The van der Waals surface area contributed by atoms with Gasteiger partial charge in [-0.25, -0.2) is 4.98 Å². The molecule has 2 heteroatoms. The zero-order chi connectivity index (χ0) is 7.52. The van der Waals surface area contributed by atoms with Crippen LogP contribution in [0, 0.1) is 6.08 Å². The Hall–Kier alpha value is -1.31. The van der Waals surface area contributed by atoms with Crippen molar-refractivity contribution in [2.45, 2.75) is 12.8 Å². The smallest absolute Gasteiger partial charge is 0.137 e. The van der Waals surface area contributed by atoms with E-state index in [1.807, 2.05) is 6.20 Å². The standard InChI is InChI=1S/C9H9N2/c1-2-4-8(5-3-1)9-10-6-7-11-9/h2,5-7H,1,3H2,(H,10,11). The molecule has 0 spiro atoms. The molecule has 0 unspecified atom stereocenters. The molecule has 0 atom stereocenters. The minimum absolute atomic E-state index is 0.918. The molecule has 0 saturated carbocycles. The molecule has 11 heavy (non-hydrogen) atoms. The van der Waals surface area contributed by atoms with E-state index in [2.05, 4.69) is 28.2 Å². The number of rotatable bonds is 1. The maximum atomic E-state index is 4.13. The first-order valence-electron chi connectivity index (χ1n) is 3.75. The molecule has 1 heterocycles. The second-order valence-electron chi connectivity index (χ2n) is 2.48. The summed E-state index contributed by atoms with van der Waals surface area (Å²) < 4.78 is 0. The van der Waals surface area contributed by atoms with E-state index >= 15 is 0 Å². The highest BCUT2D eigenvalue weighted by Gasteiger charge is 2.01. The molecule has 1 aliphatic carbocycles. The molecule has 0 amide bonds. The lowest BCUT2D eigenvalue weighted by atomic mass is 10.1. The molecular weight excluding hydrogens is 136 g/mol. The van der Waals surface area contributed by atoms with Gasteiger partial charge < -0.3 is 4.98 Å². The van der Waals surface area contributed by atoms with Crippen LogP contribution in [-0.2, 0) is 0 Å². The largest absolute Gasteiger partial charge is 0.345 e. The quantitative estimate of drug-likeness (QED) is 0.642. The molecule has 0 aliphatic heterocycles. The Morgan fingerprint density at radius 2 is 2.45 bits per heavy atom. The highest BCUT2D eigenvalue weighted by Crippen LogP contribution is 2.16. The van der Waals surface area contributed by atoms with Gasteiger partial charge in [0.25, 0.3) is 0 Å². The van der Waals surface area contributed by atoms with Crippen molar-refractivity contribution in [1.29, 1.82) is 0 Å². The van der Waals surface area contributed by atoms with E-state index in [9.17, 15) is 0 Å². The van der Waals surface area contributed by atoms with Crippen LogP contribution in [0.15, 0.2) is 24.5 Å². The summed E-state index contributed by atoms with van der Waals surface area (Å²) in [5.74, 6) is 0.918. The molecule has 0 saturated heterocycles. The molecule has 2 rings (SSSR count). The fourth-order valence-corrected chi connectivity index (χ4v) is 1.13. The zero-order valence-electron chi connectivity index (χ0n) is 6.17. The number of H-pyrrole nitrogens is 1. The van der Waals surface area contributed by atoms with E-state index in [0.717, 1.165) is 24.2 Å². The third kappa shape index (κ3) is 1.24. The predicted octanol–water partition coefficient (Wildman–Crippen LogP) is 1.95. The maximum absolute atomic E-state index is 4.13. The summed E-state index contributed by atoms with van der Waals surface area (Å²) in [7, 11) is 0. The van der Waals surface area contributed by atoms with Gasteiger partial charge in [0.1, 0.15) is 5.82 Å². The highest BCUT2D eigenvalue weighted by atomic mass is 14.9. The Morgan fingerprint density at radius 3 is 3.09 bits per heavy atom. The number of imidazole rings is 1. The van der Waals surface area contributed by atoms with Crippen LogP contribution < -0.4 is 0 Å². The molecule has 0 aromatic carbocycles. The lowest BCUT2D eigenvalue weighted by Gasteiger charge is -2.01. The second-order valence-corrected chi connectivity index (χ2v) is 2.48. The van der Waals surface area contributed by atoms with Crippen LogP contribution in [0.5, 0.6) is 0 Å². The Labute approximate surface area is 65.7 Å². The SMILES string of the molecule is [C]1=CCCC=C1c1ncc[nH]1. The van der Waals surface area contributed by atoms with E-state index < -0.39 is 0 Å². The molecule has 2 nitrogen and oxygen atoms in total. The third-order valence-corrected chi connectivity index (χ3v) is 1.67. The summed E-state index contributed by atoms with van der Waals surface area (Å²) in [4.78, 5) is 7.18. The van der Waals surface area contributed by atoms with Crippen molar-refractivity contribution >= 4 is 5.57 Å². The second kappa shape index (κ2) is 2.74. The number of nitrogens with one attached hydrogen (secondary N) is 1.